The summed E-state index contributed by atoms with van der Waals surface area (Å²) in [5, 5.41) is 0. The number of rotatable bonds is 7. The van der Waals surface area contributed by atoms with Crippen molar-refractivity contribution in [2.24, 2.45) is 11.8 Å². The molecule has 0 unspecified atom stereocenters. The molecule has 29 heavy (non-hydrogen) atoms. The summed E-state index contributed by atoms with van der Waals surface area (Å²) in [5.74, 6) is -3.03. The van der Waals surface area contributed by atoms with Crippen LogP contribution in [0.1, 0.15) is 63.0 Å². The van der Waals surface area contributed by atoms with Crippen LogP contribution in [0.4, 0.5) is 17.6 Å². The van der Waals surface area contributed by atoms with Crippen LogP contribution in [0.15, 0.2) is 36.4 Å². The first kappa shape index (κ1) is 21.9. The average Bonchev–Trinajstić information content (AvgIpc) is 2.70. The van der Waals surface area contributed by atoms with Gasteiger partial charge in [-0.05, 0) is 61.6 Å². The van der Waals surface area contributed by atoms with Gasteiger partial charge in [0, 0.05) is 12.0 Å². The molecule has 0 radical (unpaired) electrons. The Bertz CT molecular complexity index is 797. The number of benzene rings is 2. The Morgan fingerprint density at radius 2 is 1.41 bits per heavy atom. The Hall–Kier alpha value is -1.84. The van der Waals surface area contributed by atoms with Crippen molar-refractivity contribution in [2.75, 3.05) is 0 Å². The lowest BCUT2D eigenvalue weighted by molar-refractivity contribution is 0.00438. The molecular formula is C25H30F4. The Balaban J connectivity index is 1.48. The second kappa shape index (κ2) is 9.32. The van der Waals surface area contributed by atoms with Gasteiger partial charge >= 0.3 is 0 Å². The SMILES string of the molecule is Cc1ccc(-c2ccc(CCC3CCC(CCC(C)(F)F)CC3)cc2)c(F)c1F. The molecule has 158 valence electrons. The first-order valence-electron chi connectivity index (χ1n) is 10.6. The van der Waals surface area contributed by atoms with Crippen LogP contribution in [0.3, 0.4) is 0 Å². The number of alkyl halides is 2. The molecule has 0 nitrogen and oxygen atoms in total. The molecule has 0 N–H and O–H groups in total. The number of halogens is 4. The third-order valence-corrected chi connectivity index (χ3v) is 6.34. The number of aryl methyl sites for hydroxylation is 2. The largest absolute Gasteiger partial charge is 0.245 e. The van der Waals surface area contributed by atoms with E-state index in [2.05, 4.69) is 0 Å². The van der Waals surface area contributed by atoms with Crippen molar-refractivity contribution in [2.45, 2.75) is 71.1 Å². The monoisotopic (exact) mass is 406 g/mol. The fraction of sp³-hybridized carbons (Fsp3) is 0.520. The maximum atomic E-state index is 14.2. The van der Waals surface area contributed by atoms with E-state index in [0.717, 1.165) is 45.4 Å². The molecule has 0 aliphatic heterocycles. The molecule has 0 saturated heterocycles. The number of hydrogen-bond donors (Lipinski definition) is 0. The van der Waals surface area contributed by atoms with E-state index in [4.69, 9.17) is 0 Å². The zero-order chi connectivity index (χ0) is 21.0. The van der Waals surface area contributed by atoms with Crippen molar-refractivity contribution in [3.8, 4) is 11.1 Å². The fourth-order valence-corrected chi connectivity index (χ4v) is 4.36. The highest BCUT2D eigenvalue weighted by molar-refractivity contribution is 5.65. The molecule has 4 heteroatoms. The van der Waals surface area contributed by atoms with E-state index in [1.165, 1.54) is 5.56 Å². The van der Waals surface area contributed by atoms with Gasteiger partial charge in [-0.15, -0.1) is 0 Å². The first-order chi connectivity index (χ1) is 13.7. The number of hydrogen-bond acceptors (Lipinski definition) is 0. The Morgan fingerprint density at radius 1 is 0.828 bits per heavy atom. The highest BCUT2D eigenvalue weighted by Gasteiger charge is 2.26. The summed E-state index contributed by atoms with van der Waals surface area (Å²) < 4.78 is 54.0. The second-order valence-electron chi connectivity index (χ2n) is 8.79. The molecule has 1 saturated carbocycles. The van der Waals surface area contributed by atoms with Gasteiger partial charge in [-0.1, -0.05) is 62.1 Å². The van der Waals surface area contributed by atoms with Crippen LogP contribution in [-0.4, -0.2) is 5.92 Å². The Labute approximate surface area is 171 Å². The summed E-state index contributed by atoms with van der Waals surface area (Å²) in [6.45, 7) is 2.56. The maximum absolute atomic E-state index is 14.2. The van der Waals surface area contributed by atoms with Gasteiger partial charge in [0.2, 0.25) is 5.92 Å². The normalized spacial score (nSPS) is 20.1. The molecule has 0 atom stereocenters. The van der Waals surface area contributed by atoms with E-state index in [1.807, 2.05) is 24.3 Å². The van der Waals surface area contributed by atoms with Crippen molar-refractivity contribution in [3.05, 3.63) is 59.2 Å². The van der Waals surface area contributed by atoms with Crippen LogP contribution in [0.25, 0.3) is 11.1 Å². The zero-order valence-corrected chi connectivity index (χ0v) is 17.3. The molecular weight excluding hydrogens is 376 g/mol. The van der Waals surface area contributed by atoms with Gasteiger partial charge in [-0.2, -0.15) is 0 Å². The molecule has 0 bridgehead atoms. The summed E-state index contributed by atoms with van der Waals surface area (Å²) in [4.78, 5) is 0. The van der Waals surface area contributed by atoms with Crippen molar-refractivity contribution in [1.82, 2.24) is 0 Å². The zero-order valence-electron chi connectivity index (χ0n) is 17.3. The quantitative estimate of drug-likeness (QED) is 0.407. The molecule has 0 spiro atoms. The minimum atomic E-state index is -2.55. The topological polar surface area (TPSA) is 0 Å². The predicted molar refractivity (Wildman–Crippen MR) is 110 cm³/mol. The second-order valence-corrected chi connectivity index (χ2v) is 8.79. The smallest absolute Gasteiger partial charge is 0.207 e. The molecule has 0 heterocycles. The van der Waals surface area contributed by atoms with Crippen molar-refractivity contribution in [3.63, 3.8) is 0 Å². The van der Waals surface area contributed by atoms with Gasteiger partial charge in [0.25, 0.3) is 0 Å². The van der Waals surface area contributed by atoms with E-state index < -0.39 is 17.6 Å². The summed E-state index contributed by atoms with van der Waals surface area (Å²) in [6, 6.07) is 10.9. The van der Waals surface area contributed by atoms with Gasteiger partial charge in [0.05, 0.1) is 0 Å². The predicted octanol–water partition coefficient (Wildman–Crippen LogP) is 8.11. The molecule has 0 amide bonds. The molecule has 2 aromatic carbocycles. The van der Waals surface area contributed by atoms with Gasteiger partial charge in [0.15, 0.2) is 11.6 Å². The van der Waals surface area contributed by atoms with Gasteiger partial charge in [0.1, 0.15) is 0 Å². The summed E-state index contributed by atoms with van der Waals surface area (Å²) in [7, 11) is 0. The molecule has 2 aromatic rings. The van der Waals surface area contributed by atoms with Crippen molar-refractivity contribution >= 4 is 0 Å². The van der Waals surface area contributed by atoms with Gasteiger partial charge in [-0.25, -0.2) is 17.6 Å². The summed E-state index contributed by atoms with van der Waals surface area (Å²) in [5.41, 5.74) is 2.46. The minimum absolute atomic E-state index is 0.000157. The summed E-state index contributed by atoms with van der Waals surface area (Å²) >= 11 is 0. The average molecular weight is 407 g/mol. The van der Waals surface area contributed by atoms with Crippen LogP contribution in [0, 0.1) is 30.4 Å². The standard InChI is InChI=1S/C25H30F4/c1-17-3-14-22(24(27)23(17)26)21-12-10-19(11-13-21)5-4-18-6-8-20(9-7-18)15-16-25(2,28)29/h3,10-14,18,20H,4-9,15-16H2,1-2H3. The van der Waals surface area contributed by atoms with E-state index in [1.54, 1.807) is 19.1 Å². The lowest BCUT2D eigenvalue weighted by Crippen LogP contribution is -2.18. The molecule has 3 rings (SSSR count). The third-order valence-electron chi connectivity index (χ3n) is 6.34. The molecule has 1 fully saturated rings. The van der Waals surface area contributed by atoms with Crippen LogP contribution in [0.2, 0.25) is 0 Å². The maximum Gasteiger partial charge on any atom is 0.245 e. The van der Waals surface area contributed by atoms with Gasteiger partial charge < -0.3 is 0 Å². The van der Waals surface area contributed by atoms with E-state index >= 15 is 0 Å². The highest BCUT2D eigenvalue weighted by atomic mass is 19.3. The van der Waals surface area contributed by atoms with Crippen LogP contribution in [-0.2, 0) is 6.42 Å². The lowest BCUT2D eigenvalue weighted by Gasteiger charge is -2.29. The Kier molecular flexibility index (Phi) is 7.02. The van der Waals surface area contributed by atoms with Crippen molar-refractivity contribution in [1.29, 1.82) is 0 Å². The third kappa shape index (κ3) is 6.07. The van der Waals surface area contributed by atoms with E-state index in [-0.39, 0.29) is 12.0 Å². The molecule has 1 aliphatic carbocycles. The summed E-state index contributed by atoms with van der Waals surface area (Å²) in [6.07, 6.45) is 7.01. The van der Waals surface area contributed by atoms with E-state index in [9.17, 15) is 17.6 Å². The molecule has 1 aliphatic rings. The highest BCUT2D eigenvalue weighted by Crippen LogP contribution is 2.36. The Morgan fingerprint density at radius 3 is 2.00 bits per heavy atom. The fourth-order valence-electron chi connectivity index (χ4n) is 4.36. The minimum Gasteiger partial charge on any atom is -0.207 e. The lowest BCUT2D eigenvalue weighted by atomic mass is 9.77. The van der Waals surface area contributed by atoms with Gasteiger partial charge in [-0.3, -0.25) is 0 Å². The first-order valence-corrected chi connectivity index (χ1v) is 10.6. The van der Waals surface area contributed by atoms with E-state index in [0.29, 0.717) is 29.4 Å². The molecule has 0 aromatic heterocycles. The van der Waals surface area contributed by atoms with Crippen LogP contribution in [0.5, 0.6) is 0 Å². The van der Waals surface area contributed by atoms with Crippen LogP contribution >= 0.6 is 0 Å². The van der Waals surface area contributed by atoms with Crippen LogP contribution < -0.4 is 0 Å². The van der Waals surface area contributed by atoms with Crippen molar-refractivity contribution < 1.29 is 17.6 Å².